The first-order valence-electron chi connectivity index (χ1n) is 12.0. The molecule has 1 N–H and O–H groups in total. The van der Waals surface area contributed by atoms with E-state index in [4.69, 9.17) is 0 Å². The lowest BCUT2D eigenvalue weighted by Gasteiger charge is -2.40. The molecule has 0 heterocycles. The van der Waals surface area contributed by atoms with Crippen LogP contribution in [0.25, 0.3) is 0 Å². The lowest BCUT2D eigenvalue weighted by atomic mass is 9.68. The zero-order valence-electron chi connectivity index (χ0n) is 18.8. The van der Waals surface area contributed by atoms with E-state index in [1.54, 1.807) is 0 Å². The maximum Gasteiger partial charge on any atom is 0.310 e. The van der Waals surface area contributed by atoms with E-state index >= 15 is 0 Å². The van der Waals surface area contributed by atoms with E-state index in [9.17, 15) is 24.2 Å². The third kappa shape index (κ3) is 7.09. The van der Waals surface area contributed by atoms with Gasteiger partial charge in [0.15, 0.2) is 0 Å². The van der Waals surface area contributed by atoms with Gasteiger partial charge in [-0.3, -0.25) is 4.79 Å². The number of rotatable bonds is 8. The highest BCUT2D eigenvalue weighted by Gasteiger charge is 2.65. The van der Waals surface area contributed by atoms with E-state index in [2.05, 4.69) is 12.2 Å². The average molecular weight is 482 g/mol. The molecule has 0 saturated heterocycles. The Kier molecular flexibility index (Phi) is 7.24. The summed E-state index contributed by atoms with van der Waals surface area (Å²) >= 11 is 0. The van der Waals surface area contributed by atoms with Crippen LogP contribution in [0.2, 0.25) is 0 Å². The standard InChI is InChI=1S/C24H36F5NOS/c1-2-3-4-5-18-6-8-19(9-7-18)20-10-12-21(13-11-20)24(31)30-22-14-16-23(17-15-22)32(25,26,27,28)29/h14-21H,2-13H2,1H3,(H,30,31). The van der Waals surface area contributed by atoms with Gasteiger partial charge in [0.25, 0.3) is 0 Å². The molecule has 0 atom stereocenters. The molecule has 0 aromatic heterocycles. The topological polar surface area (TPSA) is 29.1 Å². The number of benzene rings is 1. The Labute approximate surface area is 188 Å². The summed E-state index contributed by atoms with van der Waals surface area (Å²) < 4.78 is 64.1. The fourth-order valence-electron chi connectivity index (χ4n) is 5.52. The molecule has 0 radical (unpaired) electrons. The Morgan fingerprint density at radius 1 is 0.844 bits per heavy atom. The predicted molar refractivity (Wildman–Crippen MR) is 122 cm³/mol. The van der Waals surface area contributed by atoms with Gasteiger partial charge in [0.2, 0.25) is 5.91 Å². The third-order valence-corrected chi connectivity index (χ3v) is 8.65. The normalized spacial score (nSPS) is 29.1. The molecule has 2 nitrogen and oxygen atoms in total. The van der Waals surface area contributed by atoms with Gasteiger partial charge in [-0.05, 0) is 80.5 Å². The predicted octanol–water partition coefficient (Wildman–Crippen LogP) is 9.48. The molecular weight excluding hydrogens is 445 g/mol. The SMILES string of the molecule is CCCCCC1CCC(C2CCC(C(=O)Nc3ccc(S(F)(F)(F)(F)F)cc3)CC2)CC1. The van der Waals surface area contributed by atoms with Gasteiger partial charge in [-0.2, -0.15) is 0 Å². The molecule has 0 bridgehead atoms. The quantitative estimate of drug-likeness (QED) is 0.291. The molecule has 0 unspecified atom stereocenters. The van der Waals surface area contributed by atoms with Crippen molar-refractivity contribution < 1.29 is 24.2 Å². The van der Waals surface area contributed by atoms with Crippen molar-refractivity contribution in [1.29, 1.82) is 0 Å². The zero-order chi connectivity index (χ0) is 23.5. The number of hydrogen-bond acceptors (Lipinski definition) is 1. The molecule has 1 aromatic rings. The minimum absolute atomic E-state index is 0.115. The summed E-state index contributed by atoms with van der Waals surface area (Å²) in [5, 5.41) is 2.60. The van der Waals surface area contributed by atoms with Gasteiger partial charge in [-0.1, -0.05) is 64.9 Å². The Balaban J connectivity index is 1.43. The molecule has 184 valence electrons. The molecule has 32 heavy (non-hydrogen) atoms. The fraction of sp³-hybridized carbons (Fsp3) is 0.708. The van der Waals surface area contributed by atoms with Gasteiger partial charge in [0, 0.05) is 11.6 Å². The molecule has 2 saturated carbocycles. The highest BCUT2D eigenvalue weighted by Crippen LogP contribution is 3.02. The highest BCUT2D eigenvalue weighted by molar-refractivity contribution is 8.45. The number of unbranched alkanes of at least 4 members (excludes halogenated alkanes) is 2. The molecular formula is C24H36F5NOS. The van der Waals surface area contributed by atoms with Gasteiger partial charge < -0.3 is 5.32 Å². The van der Waals surface area contributed by atoms with Crippen LogP contribution in [0.3, 0.4) is 0 Å². The van der Waals surface area contributed by atoms with E-state index in [1.807, 2.05) is 0 Å². The van der Waals surface area contributed by atoms with Crippen LogP contribution in [0.4, 0.5) is 25.1 Å². The number of nitrogens with one attached hydrogen (secondary N) is 1. The second-order valence-electron chi connectivity index (χ2n) is 9.87. The lowest BCUT2D eigenvalue weighted by molar-refractivity contribution is -0.121. The number of halogens is 5. The van der Waals surface area contributed by atoms with E-state index in [-0.39, 0.29) is 17.5 Å². The van der Waals surface area contributed by atoms with Crippen molar-refractivity contribution in [3.05, 3.63) is 24.3 Å². The second kappa shape index (κ2) is 9.15. The Morgan fingerprint density at radius 2 is 1.38 bits per heavy atom. The first kappa shape index (κ1) is 25.3. The van der Waals surface area contributed by atoms with Crippen LogP contribution >= 0.6 is 10.2 Å². The van der Waals surface area contributed by atoms with Gasteiger partial charge in [0.1, 0.15) is 4.90 Å². The molecule has 2 aliphatic rings. The molecule has 3 rings (SSSR count). The third-order valence-electron chi connectivity index (χ3n) is 7.48. The summed E-state index contributed by atoms with van der Waals surface area (Å²) in [6.07, 6.45) is 14.1. The van der Waals surface area contributed by atoms with Crippen LogP contribution in [-0.4, -0.2) is 5.91 Å². The zero-order valence-corrected chi connectivity index (χ0v) is 19.6. The molecule has 1 aromatic carbocycles. The maximum absolute atomic E-state index is 12.8. The molecule has 2 fully saturated rings. The summed E-state index contributed by atoms with van der Waals surface area (Å²) in [5.41, 5.74) is 0.115. The van der Waals surface area contributed by atoms with Gasteiger partial charge in [-0.25, -0.2) is 0 Å². The largest absolute Gasteiger partial charge is 0.326 e. The molecule has 2 aliphatic carbocycles. The Hall–Kier alpha value is -1.31. The molecule has 1 amide bonds. The Morgan fingerprint density at radius 3 is 1.88 bits per heavy atom. The summed E-state index contributed by atoms with van der Waals surface area (Å²) in [4.78, 5) is 10.6. The summed E-state index contributed by atoms with van der Waals surface area (Å²) in [5.74, 6) is 1.88. The second-order valence-corrected chi connectivity index (χ2v) is 12.3. The average Bonchev–Trinajstić information content (AvgIpc) is 2.73. The molecule has 0 aliphatic heterocycles. The van der Waals surface area contributed by atoms with Gasteiger partial charge in [0.05, 0.1) is 0 Å². The molecule has 0 spiro atoms. The highest BCUT2D eigenvalue weighted by atomic mass is 32.5. The van der Waals surface area contributed by atoms with E-state index < -0.39 is 15.1 Å². The minimum Gasteiger partial charge on any atom is -0.326 e. The van der Waals surface area contributed by atoms with Crippen LogP contribution in [0, 0.1) is 23.7 Å². The number of anilines is 1. The van der Waals surface area contributed by atoms with Gasteiger partial charge in [-0.15, -0.1) is 0 Å². The fourth-order valence-corrected chi connectivity index (χ4v) is 6.17. The van der Waals surface area contributed by atoms with Crippen molar-refractivity contribution in [2.75, 3.05) is 5.32 Å². The van der Waals surface area contributed by atoms with Crippen molar-refractivity contribution in [3.8, 4) is 0 Å². The van der Waals surface area contributed by atoms with Crippen LogP contribution in [-0.2, 0) is 4.79 Å². The lowest BCUT2D eigenvalue weighted by Crippen LogP contribution is -2.30. The van der Waals surface area contributed by atoms with Crippen LogP contribution in [0.15, 0.2) is 29.2 Å². The van der Waals surface area contributed by atoms with Crippen molar-refractivity contribution >= 4 is 21.8 Å². The number of carbonyl (C=O) groups excluding carboxylic acids is 1. The first-order valence-corrected chi connectivity index (χ1v) is 14.0. The minimum atomic E-state index is -9.69. The van der Waals surface area contributed by atoms with Gasteiger partial charge >= 0.3 is 10.2 Å². The van der Waals surface area contributed by atoms with E-state index in [0.29, 0.717) is 18.1 Å². The smallest absolute Gasteiger partial charge is 0.310 e. The number of amides is 1. The Bertz CT molecular complexity index is 764. The number of hydrogen-bond donors (Lipinski definition) is 1. The van der Waals surface area contributed by atoms with Crippen molar-refractivity contribution in [1.82, 2.24) is 0 Å². The van der Waals surface area contributed by atoms with Crippen molar-refractivity contribution in [2.45, 2.75) is 88.9 Å². The monoisotopic (exact) mass is 481 g/mol. The van der Waals surface area contributed by atoms with E-state index in [0.717, 1.165) is 49.7 Å². The van der Waals surface area contributed by atoms with Crippen LogP contribution in [0.1, 0.15) is 84.0 Å². The first-order chi connectivity index (χ1) is 14.9. The summed E-state index contributed by atoms with van der Waals surface area (Å²) in [7, 11) is -9.69. The van der Waals surface area contributed by atoms with E-state index in [1.165, 1.54) is 51.4 Å². The number of carbonyl (C=O) groups is 1. The van der Waals surface area contributed by atoms with Crippen LogP contribution in [0.5, 0.6) is 0 Å². The summed E-state index contributed by atoms with van der Waals surface area (Å²) in [6.45, 7) is 2.24. The van der Waals surface area contributed by atoms with Crippen molar-refractivity contribution in [2.24, 2.45) is 23.7 Å². The van der Waals surface area contributed by atoms with Crippen molar-refractivity contribution in [3.63, 3.8) is 0 Å². The van der Waals surface area contributed by atoms with Crippen LogP contribution < -0.4 is 5.32 Å². The summed E-state index contributed by atoms with van der Waals surface area (Å²) in [6, 6.07) is 2.48. The maximum atomic E-state index is 12.8. The molecule has 8 heteroatoms.